The van der Waals surface area contributed by atoms with Gasteiger partial charge in [-0.3, -0.25) is 9.69 Å². The minimum absolute atomic E-state index is 0.0720. The molecule has 1 aliphatic heterocycles. The number of carbonyl (C=O) groups is 1. The van der Waals surface area contributed by atoms with Crippen molar-refractivity contribution >= 4 is 16.9 Å². The average Bonchev–Trinajstić information content (AvgIpc) is 2.91. The van der Waals surface area contributed by atoms with Crippen LogP contribution in [0.25, 0.3) is 11.0 Å². The number of carbonyl (C=O) groups excluding carboxylic acids is 1. The standard InChI is InChI=1S/C29H27NO6/c1-2-33-29(32)21-10-12-22(13-11-21)36-26-18-34-28-23(27(26)31)14-15-25-24(28)17-30(19-35-25)16-6-9-20-7-4-3-5-8-20/h3-5,7-8,10-15,18H,2,6,9,16-17,19H2,1H3. The van der Waals surface area contributed by atoms with E-state index in [9.17, 15) is 9.59 Å². The zero-order valence-electron chi connectivity index (χ0n) is 20.1. The van der Waals surface area contributed by atoms with E-state index in [-0.39, 0.29) is 11.2 Å². The first-order valence-electron chi connectivity index (χ1n) is 12.0. The second-order valence-electron chi connectivity index (χ2n) is 8.61. The van der Waals surface area contributed by atoms with Crippen LogP contribution in [-0.2, 0) is 17.7 Å². The third-order valence-electron chi connectivity index (χ3n) is 6.13. The molecule has 0 saturated carbocycles. The van der Waals surface area contributed by atoms with E-state index in [1.54, 1.807) is 37.3 Å². The number of fused-ring (bicyclic) bond motifs is 3. The topological polar surface area (TPSA) is 78.2 Å². The minimum Gasteiger partial charge on any atom is -0.478 e. The predicted molar refractivity (Wildman–Crippen MR) is 136 cm³/mol. The van der Waals surface area contributed by atoms with Gasteiger partial charge in [0.1, 0.15) is 30.1 Å². The van der Waals surface area contributed by atoms with Crippen molar-refractivity contribution < 1.29 is 23.4 Å². The smallest absolute Gasteiger partial charge is 0.338 e. The van der Waals surface area contributed by atoms with Crippen molar-refractivity contribution in [2.75, 3.05) is 19.9 Å². The van der Waals surface area contributed by atoms with Gasteiger partial charge in [0.25, 0.3) is 0 Å². The molecule has 0 aliphatic carbocycles. The van der Waals surface area contributed by atoms with Crippen molar-refractivity contribution in [3.05, 3.63) is 99.9 Å². The first-order chi connectivity index (χ1) is 17.6. The highest BCUT2D eigenvalue weighted by Gasteiger charge is 2.23. The van der Waals surface area contributed by atoms with Crippen LogP contribution < -0.4 is 14.9 Å². The van der Waals surface area contributed by atoms with Crippen LogP contribution >= 0.6 is 0 Å². The summed E-state index contributed by atoms with van der Waals surface area (Å²) in [4.78, 5) is 27.2. The molecular weight excluding hydrogens is 458 g/mol. The van der Waals surface area contributed by atoms with E-state index >= 15 is 0 Å². The van der Waals surface area contributed by atoms with Gasteiger partial charge < -0.3 is 18.6 Å². The van der Waals surface area contributed by atoms with E-state index in [2.05, 4.69) is 29.2 Å². The van der Waals surface area contributed by atoms with Gasteiger partial charge in [-0.15, -0.1) is 0 Å². The Morgan fingerprint density at radius 3 is 2.61 bits per heavy atom. The summed E-state index contributed by atoms with van der Waals surface area (Å²) in [5.41, 5.74) is 2.83. The number of benzene rings is 3. The number of hydrogen-bond acceptors (Lipinski definition) is 7. The average molecular weight is 486 g/mol. The summed E-state index contributed by atoms with van der Waals surface area (Å²) in [6.45, 7) is 4.06. The first-order valence-corrected chi connectivity index (χ1v) is 12.0. The Bertz CT molecular complexity index is 1410. The zero-order valence-corrected chi connectivity index (χ0v) is 20.1. The van der Waals surface area contributed by atoms with Crippen LogP contribution in [0.1, 0.15) is 34.8 Å². The third-order valence-corrected chi connectivity index (χ3v) is 6.13. The molecule has 0 spiro atoms. The number of nitrogens with zero attached hydrogens (tertiary/aromatic N) is 1. The maximum absolute atomic E-state index is 13.2. The number of aryl methyl sites for hydroxylation is 1. The van der Waals surface area contributed by atoms with Crippen LogP contribution in [0.4, 0.5) is 0 Å². The monoisotopic (exact) mass is 485 g/mol. The molecule has 0 fully saturated rings. The summed E-state index contributed by atoms with van der Waals surface area (Å²) in [5, 5.41) is 0.434. The molecule has 2 heterocycles. The fraction of sp³-hybridized carbons (Fsp3) is 0.241. The Morgan fingerprint density at radius 2 is 1.83 bits per heavy atom. The molecule has 0 bridgehead atoms. The molecular formula is C29H27NO6. The molecule has 0 amide bonds. The lowest BCUT2D eigenvalue weighted by molar-refractivity contribution is 0.0526. The second kappa shape index (κ2) is 10.7. The van der Waals surface area contributed by atoms with E-state index in [0.717, 1.165) is 30.7 Å². The highest BCUT2D eigenvalue weighted by atomic mass is 16.5. The Hall–Kier alpha value is -4.10. The number of hydrogen-bond donors (Lipinski definition) is 0. The molecule has 3 aromatic carbocycles. The second-order valence-corrected chi connectivity index (χ2v) is 8.61. The molecule has 7 heteroatoms. The molecule has 7 nitrogen and oxygen atoms in total. The van der Waals surface area contributed by atoms with Gasteiger partial charge in [-0.05, 0) is 61.7 Å². The lowest BCUT2D eigenvalue weighted by Gasteiger charge is -2.29. The van der Waals surface area contributed by atoms with Crippen molar-refractivity contribution in [2.24, 2.45) is 0 Å². The fourth-order valence-corrected chi connectivity index (χ4v) is 4.30. The summed E-state index contributed by atoms with van der Waals surface area (Å²) in [5.74, 6) is 0.812. The first kappa shape index (κ1) is 23.6. The van der Waals surface area contributed by atoms with Gasteiger partial charge in [0.05, 0.1) is 23.1 Å². The molecule has 36 heavy (non-hydrogen) atoms. The van der Waals surface area contributed by atoms with Crippen molar-refractivity contribution in [3.63, 3.8) is 0 Å². The molecule has 0 unspecified atom stereocenters. The highest BCUT2D eigenvalue weighted by molar-refractivity contribution is 5.89. The SMILES string of the molecule is CCOC(=O)c1ccc(Oc2coc3c4c(ccc3c2=O)OCN(CCCc2ccccc2)C4)cc1. The number of esters is 1. The van der Waals surface area contributed by atoms with E-state index < -0.39 is 5.97 Å². The summed E-state index contributed by atoms with van der Waals surface area (Å²) in [6.07, 6.45) is 3.33. The lowest BCUT2D eigenvalue weighted by atomic mass is 10.1. The molecule has 0 saturated heterocycles. The van der Waals surface area contributed by atoms with Crippen LogP contribution in [0.15, 0.2) is 82.2 Å². The molecule has 0 N–H and O–H groups in total. The summed E-state index contributed by atoms with van der Waals surface area (Å²) in [6, 6.07) is 20.4. The van der Waals surface area contributed by atoms with Gasteiger partial charge in [0, 0.05) is 13.1 Å². The molecule has 4 aromatic rings. The van der Waals surface area contributed by atoms with E-state index in [0.29, 0.717) is 42.2 Å². The number of rotatable bonds is 8. The summed E-state index contributed by atoms with van der Waals surface area (Å²) >= 11 is 0. The maximum Gasteiger partial charge on any atom is 0.338 e. The number of ether oxygens (including phenoxy) is 3. The van der Waals surface area contributed by atoms with Crippen LogP contribution in [0.5, 0.6) is 17.2 Å². The zero-order chi connectivity index (χ0) is 24.9. The Morgan fingerprint density at radius 1 is 1.03 bits per heavy atom. The van der Waals surface area contributed by atoms with Crippen molar-refractivity contribution in [3.8, 4) is 17.2 Å². The predicted octanol–water partition coefficient (Wildman–Crippen LogP) is 5.55. The maximum atomic E-state index is 13.2. The van der Waals surface area contributed by atoms with Crippen molar-refractivity contribution in [1.82, 2.24) is 4.90 Å². The van der Waals surface area contributed by atoms with Gasteiger partial charge in [-0.25, -0.2) is 4.79 Å². The Kier molecular flexibility index (Phi) is 7.00. The summed E-state index contributed by atoms with van der Waals surface area (Å²) in [7, 11) is 0. The van der Waals surface area contributed by atoms with Crippen LogP contribution in [-0.4, -0.2) is 30.8 Å². The highest BCUT2D eigenvalue weighted by Crippen LogP contribution is 2.33. The normalized spacial score (nSPS) is 13.1. The van der Waals surface area contributed by atoms with Gasteiger partial charge >= 0.3 is 5.97 Å². The van der Waals surface area contributed by atoms with Crippen molar-refractivity contribution in [1.29, 1.82) is 0 Å². The van der Waals surface area contributed by atoms with Crippen LogP contribution in [0, 0.1) is 0 Å². The van der Waals surface area contributed by atoms with Gasteiger partial charge in [0.2, 0.25) is 11.2 Å². The van der Waals surface area contributed by atoms with Crippen LogP contribution in [0.2, 0.25) is 0 Å². The molecule has 1 aliphatic rings. The third kappa shape index (κ3) is 5.11. The largest absolute Gasteiger partial charge is 0.478 e. The van der Waals surface area contributed by atoms with E-state index in [1.807, 2.05) is 12.1 Å². The molecule has 0 radical (unpaired) electrons. The fourth-order valence-electron chi connectivity index (χ4n) is 4.30. The molecule has 1 aromatic heterocycles. The molecule has 5 rings (SSSR count). The van der Waals surface area contributed by atoms with Gasteiger partial charge in [-0.1, -0.05) is 30.3 Å². The van der Waals surface area contributed by atoms with E-state index in [1.165, 1.54) is 11.8 Å². The van der Waals surface area contributed by atoms with Gasteiger partial charge in [0.15, 0.2) is 0 Å². The quantitative estimate of drug-likeness (QED) is 0.303. The summed E-state index contributed by atoms with van der Waals surface area (Å²) < 4.78 is 22.6. The van der Waals surface area contributed by atoms with Crippen LogP contribution in [0.3, 0.4) is 0 Å². The molecule has 184 valence electrons. The molecule has 0 atom stereocenters. The van der Waals surface area contributed by atoms with E-state index in [4.69, 9.17) is 18.6 Å². The lowest BCUT2D eigenvalue weighted by Crippen LogP contribution is -2.33. The minimum atomic E-state index is -0.407. The van der Waals surface area contributed by atoms with Crippen molar-refractivity contribution in [2.45, 2.75) is 26.3 Å². The Balaban J connectivity index is 1.31. The Labute approximate surface area is 208 Å². The van der Waals surface area contributed by atoms with Gasteiger partial charge in [-0.2, -0.15) is 0 Å².